The van der Waals surface area contributed by atoms with Crippen molar-refractivity contribution in [3.05, 3.63) is 35.9 Å². The molecule has 0 saturated heterocycles. The number of urea groups is 1. The first kappa shape index (κ1) is 18.9. The second-order valence-corrected chi connectivity index (χ2v) is 5.99. The van der Waals surface area contributed by atoms with Gasteiger partial charge in [-0.3, -0.25) is 19.8 Å². The van der Waals surface area contributed by atoms with Crippen LogP contribution in [0, 0.1) is 0 Å². The molecule has 2 N–H and O–H groups in total. The Labute approximate surface area is 147 Å². The number of carbonyl (C=O) groups excluding carboxylic acids is 3. The molecular weight excluding hydrogens is 322 g/mol. The molecule has 7 heteroatoms. The van der Waals surface area contributed by atoms with Gasteiger partial charge in [0.15, 0.2) is 0 Å². The number of nitrogens with zero attached hydrogens (tertiary/aromatic N) is 1. The lowest BCUT2D eigenvalue weighted by Crippen LogP contribution is -2.51. The third-order valence-electron chi connectivity index (χ3n) is 4.05. The van der Waals surface area contributed by atoms with Crippen molar-refractivity contribution < 1.29 is 19.1 Å². The van der Waals surface area contributed by atoms with Crippen molar-refractivity contribution in [2.24, 2.45) is 0 Å². The number of amides is 3. The fraction of sp³-hybridized carbons (Fsp3) is 0.500. The summed E-state index contributed by atoms with van der Waals surface area (Å²) in [7, 11) is 1.44. The van der Waals surface area contributed by atoms with Crippen LogP contribution in [0.1, 0.15) is 25.3 Å². The van der Waals surface area contributed by atoms with Crippen LogP contribution in [0.2, 0.25) is 0 Å². The van der Waals surface area contributed by atoms with Gasteiger partial charge in [-0.05, 0) is 31.7 Å². The van der Waals surface area contributed by atoms with E-state index in [1.807, 2.05) is 35.2 Å². The molecule has 25 heavy (non-hydrogen) atoms. The van der Waals surface area contributed by atoms with Crippen LogP contribution in [-0.4, -0.2) is 55.1 Å². The largest absolute Gasteiger partial charge is 0.465 e. The highest BCUT2D eigenvalue weighted by molar-refractivity contribution is 5.95. The molecule has 1 aromatic carbocycles. The van der Waals surface area contributed by atoms with E-state index in [9.17, 15) is 14.4 Å². The van der Waals surface area contributed by atoms with Gasteiger partial charge < -0.3 is 10.1 Å². The van der Waals surface area contributed by atoms with Crippen LogP contribution in [0.25, 0.3) is 0 Å². The fourth-order valence-corrected chi connectivity index (χ4v) is 2.71. The van der Waals surface area contributed by atoms with E-state index in [4.69, 9.17) is 4.74 Å². The zero-order valence-electron chi connectivity index (χ0n) is 14.7. The molecule has 7 nitrogen and oxygen atoms in total. The minimum absolute atomic E-state index is 0.0194. The quantitative estimate of drug-likeness (QED) is 0.687. The first-order valence-corrected chi connectivity index (χ1v) is 8.53. The highest BCUT2D eigenvalue weighted by Gasteiger charge is 2.39. The Bertz CT molecular complexity index is 602. The lowest BCUT2D eigenvalue weighted by molar-refractivity contribution is -0.150. The number of ether oxygens (including phenoxy) is 1. The summed E-state index contributed by atoms with van der Waals surface area (Å²) in [5.74, 6) is -0.778. The minimum Gasteiger partial charge on any atom is -0.465 e. The maximum atomic E-state index is 12.5. The maximum Gasteiger partial charge on any atom is 0.323 e. The molecule has 136 valence electrons. The number of benzene rings is 1. The highest BCUT2D eigenvalue weighted by atomic mass is 16.5. The smallest absolute Gasteiger partial charge is 0.323 e. The Hall–Kier alpha value is -2.41. The molecule has 3 amide bonds. The van der Waals surface area contributed by atoms with E-state index in [0.717, 1.165) is 18.4 Å². The van der Waals surface area contributed by atoms with Gasteiger partial charge in [-0.1, -0.05) is 30.3 Å². The summed E-state index contributed by atoms with van der Waals surface area (Å²) in [6, 6.07) is 8.69. The third kappa shape index (κ3) is 5.86. The molecule has 0 radical (unpaired) electrons. The second-order valence-electron chi connectivity index (χ2n) is 5.99. The molecule has 0 spiro atoms. The molecule has 0 heterocycles. The second kappa shape index (κ2) is 9.17. The molecule has 1 aromatic rings. The maximum absolute atomic E-state index is 12.5. The molecule has 1 atom stereocenters. The van der Waals surface area contributed by atoms with Gasteiger partial charge in [-0.25, -0.2) is 4.79 Å². The van der Waals surface area contributed by atoms with Crippen molar-refractivity contribution in [3.63, 3.8) is 0 Å². The number of rotatable bonds is 8. The van der Waals surface area contributed by atoms with E-state index in [0.29, 0.717) is 6.42 Å². The first-order valence-electron chi connectivity index (χ1n) is 8.53. The summed E-state index contributed by atoms with van der Waals surface area (Å²) in [5.41, 5.74) is 0.998. The number of imide groups is 1. The summed E-state index contributed by atoms with van der Waals surface area (Å²) in [6.07, 6.45) is 2.32. The van der Waals surface area contributed by atoms with Gasteiger partial charge in [0.25, 0.3) is 0 Å². The zero-order valence-corrected chi connectivity index (χ0v) is 14.7. The van der Waals surface area contributed by atoms with Crippen LogP contribution in [0.5, 0.6) is 0 Å². The lowest BCUT2D eigenvalue weighted by Gasteiger charge is -2.29. The van der Waals surface area contributed by atoms with E-state index in [1.54, 1.807) is 6.92 Å². The summed E-state index contributed by atoms with van der Waals surface area (Å²) >= 11 is 0. The van der Waals surface area contributed by atoms with Gasteiger partial charge in [-0.15, -0.1) is 0 Å². The van der Waals surface area contributed by atoms with Crippen LogP contribution >= 0.6 is 0 Å². The SMILES string of the molecule is CCOC(=O)[C@@H](Cc1ccccc1)N(CC(=O)NC(=O)NC)C1CC1. The highest BCUT2D eigenvalue weighted by Crippen LogP contribution is 2.30. The van der Waals surface area contributed by atoms with E-state index in [-0.39, 0.29) is 25.2 Å². The van der Waals surface area contributed by atoms with Crippen LogP contribution in [0.3, 0.4) is 0 Å². The van der Waals surface area contributed by atoms with Gasteiger partial charge in [0.05, 0.1) is 13.2 Å². The lowest BCUT2D eigenvalue weighted by atomic mass is 10.0. The van der Waals surface area contributed by atoms with Crippen molar-refractivity contribution >= 4 is 17.9 Å². The number of hydrogen-bond donors (Lipinski definition) is 2. The molecule has 1 saturated carbocycles. The standard InChI is InChI=1S/C18H25N3O4/c1-3-25-17(23)15(11-13-7-5-4-6-8-13)21(14-9-10-14)12-16(22)20-18(24)19-2/h4-8,14-15H,3,9-12H2,1-2H3,(H2,19,20,22,24)/t15-/m1/s1. The van der Waals surface area contributed by atoms with E-state index in [1.165, 1.54) is 7.05 Å². The Morgan fingerprint density at radius 3 is 2.48 bits per heavy atom. The van der Waals surface area contributed by atoms with Gasteiger partial charge in [-0.2, -0.15) is 0 Å². The Balaban J connectivity index is 2.14. The number of hydrogen-bond acceptors (Lipinski definition) is 5. The summed E-state index contributed by atoms with van der Waals surface area (Å²) in [6.45, 7) is 2.03. The third-order valence-corrected chi connectivity index (χ3v) is 4.05. The van der Waals surface area contributed by atoms with Crippen LogP contribution < -0.4 is 10.6 Å². The van der Waals surface area contributed by atoms with Crippen molar-refractivity contribution in [1.82, 2.24) is 15.5 Å². The van der Waals surface area contributed by atoms with Crippen LogP contribution in [0.4, 0.5) is 4.79 Å². The number of nitrogens with one attached hydrogen (secondary N) is 2. The Kier molecular flexibility index (Phi) is 6.94. The summed E-state index contributed by atoms with van der Waals surface area (Å²) < 4.78 is 5.23. The minimum atomic E-state index is -0.559. The molecule has 0 aliphatic heterocycles. The molecule has 2 rings (SSSR count). The van der Waals surface area contributed by atoms with Gasteiger partial charge in [0, 0.05) is 13.1 Å². The average molecular weight is 347 g/mol. The predicted molar refractivity (Wildman–Crippen MR) is 92.9 cm³/mol. The number of carbonyl (C=O) groups is 3. The summed E-state index contributed by atoms with van der Waals surface area (Å²) in [5, 5.41) is 4.59. The van der Waals surface area contributed by atoms with Crippen molar-refractivity contribution in [3.8, 4) is 0 Å². The first-order chi connectivity index (χ1) is 12.0. The topological polar surface area (TPSA) is 87.7 Å². The van der Waals surface area contributed by atoms with Crippen molar-refractivity contribution in [2.75, 3.05) is 20.2 Å². The fourth-order valence-electron chi connectivity index (χ4n) is 2.71. The van der Waals surface area contributed by atoms with E-state index >= 15 is 0 Å². The summed E-state index contributed by atoms with van der Waals surface area (Å²) in [4.78, 5) is 37.8. The zero-order chi connectivity index (χ0) is 18.2. The van der Waals surface area contributed by atoms with Crippen molar-refractivity contribution in [2.45, 2.75) is 38.3 Å². The molecule has 1 aliphatic rings. The molecular formula is C18H25N3O4. The Morgan fingerprint density at radius 2 is 1.92 bits per heavy atom. The van der Waals surface area contributed by atoms with E-state index < -0.39 is 18.0 Å². The van der Waals surface area contributed by atoms with Crippen LogP contribution in [0.15, 0.2) is 30.3 Å². The normalized spacial score (nSPS) is 14.7. The molecule has 1 aliphatic carbocycles. The molecule has 0 aromatic heterocycles. The molecule has 0 unspecified atom stereocenters. The van der Waals surface area contributed by atoms with E-state index in [2.05, 4.69) is 10.6 Å². The van der Waals surface area contributed by atoms with Crippen molar-refractivity contribution in [1.29, 1.82) is 0 Å². The predicted octanol–water partition coefficient (Wildman–Crippen LogP) is 1.08. The number of esters is 1. The van der Waals surface area contributed by atoms with Gasteiger partial charge >= 0.3 is 12.0 Å². The molecule has 0 bridgehead atoms. The van der Waals surface area contributed by atoms with Gasteiger partial charge in [0.2, 0.25) is 5.91 Å². The monoisotopic (exact) mass is 347 g/mol. The Morgan fingerprint density at radius 1 is 1.24 bits per heavy atom. The van der Waals surface area contributed by atoms with Gasteiger partial charge in [0.1, 0.15) is 6.04 Å². The average Bonchev–Trinajstić information content (AvgIpc) is 3.44. The van der Waals surface area contributed by atoms with Crippen LogP contribution in [-0.2, 0) is 20.7 Å². The molecule has 1 fully saturated rings.